The largest absolute Gasteiger partial charge is 0.382 e. The molecule has 0 aliphatic rings. The van der Waals surface area contributed by atoms with E-state index in [1.54, 1.807) is 19.2 Å². The van der Waals surface area contributed by atoms with Crippen LogP contribution in [0, 0.1) is 6.92 Å². The van der Waals surface area contributed by atoms with Gasteiger partial charge >= 0.3 is 0 Å². The Hall–Kier alpha value is -2.57. The Labute approximate surface area is 104 Å². The normalized spacial score (nSPS) is 10.1. The van der Waals surface area contributed by atoms with Gasteiger partial charge in [-0.3, -0.25) is 4.79 Å². The van der Waals surface area contributed by atoms with Gasteiger partial charge in [0.2, 0.25) is 0 Å². The van der Waals surface area contributed by atoms with Gasteiger partial charge in [-0.25, -0.2) is 19.9 Å². The van der Waals surface area contributed by atoms with Crippen molar-refractivity contribution in [3.8, 4) is 0 Å². The molecule has 0 radical (unpaired) electrons. The van der Waals surface area contributed by atoms with Gasteiger partial charge in [0, 0.05) is 6.20 Å². The molecule has 0 aliphatic carbocycles. The van der Waals surface area contributed by atoms with Crippen molar-refractivity contribution in [2.45, 2.75) is 13.5 Å². The number of nitrogens with one attached hydrogen (secondary N) is 1. The van der Waals surface area contributed by atoms with Crippen LogP contribution in [-0.4, -0.2) is 25.8 Å². The molecule has 0 aliphatic heterocycles. The maximum absolute atomic E-state index is 11.7. The van der Waals surface area contributed by atoms with Gasteiger partial charge in [-0.05, 0) is 13.0 Å². The molecule has 0 saturated carbocycles. The molecule has 3 N–H and O–H groups in total. The molecular weight excluding hydrogens is 232 g/mol. The summed E-state index contributed by atoms with van der Waals surface area (Å²) in [5.74, 6) is 0.616. The van der Waals surface area contributed by atoms with Crippen molar-refractivity contribution in [1.29, 1.82) is 0 Å². The van der Waals surface area contributed by atoms with Gasteiger partial charge in [0.05, 0.1) is 24.6 Å². The third kappa shape index (κ3) is 2.97. The molecule has 18 heavy (non-hydrogen) atoms. The highest BCUT2D eigenvalue weighted by molar-refractivity contribution is 5.91. The monoisotopic (exact) mass is 244 g/mol. The zero-order chi connectivity index (χ0) is 13.0. The SMILES string of the molecule is Cc1nccc(CNC(=O)c2cnc(N)cn2)n1. The van der Waals surface area contributed by atoms with Crippen LogP contribution in [0.2, 0.25) is 0 Å². The zero-order valence-electron chi connectivity index (χ0n) is 9.79. The van der Waals surface area contributed by atoms with Crippen molar-refractivity contribution >= 4 is 11.7 Å². The van der Waals surface area contributed by atoms with Gasteiger partial charge in [0.25, 0.3) is 5.91 Å². The van der Waals surface area contributed by atoms with Gasteiger partial charge in [0.15, 0.2) is 0 Å². The first-order valence-corrected chi connectivity index (χ1v) is 5.29. The average molecular weight is 244 g/mol. The highest BCUT2D eigenvalue weighted by Gasteiger charge is 2.07. The molecule has 0 aromatic carbocycles. The minimum Gasteiger partial charge on any atom is -0.382 e. The number of hydrogen-bond donors (Lipinski definition) is 2. The molecule has 2 aromatic heterocycles. The number of aromatic nitrogens is 4. The lowest BCUT2D eigenvalue weighted by molar-refractivity contribution is 0.0945. The maximum Gasteiger partial charge on any atom is 0.271 e. The summed E-state index contributed by atoms with van der Waals surface area (Å²) < 4.78 is 0. The van der Waals surface area contributed by atoms with E-state index in [4.69, 9.17) is 5.73 Å². The highest BCUT2D eigenvalue weighted by Crippen LogP contribution is 1.98. The van der Waals surface area contributed by atoms with Gasteiger partial charge in [-0.2, -0.15) is 0 Å². The van der Waals surface area contributed by atoms with Crippen LogP contribution in [0.25, 0.3) is 0 Å². The molecule has 2 heterocycles. The second kappa shape index (κ2) is 5.17. The number of nitrogens with zero attached hydrogens (tertiary/aromatic N) is 4. The smallest absolute Gasteiger partial charge is 0.271 e. The minimum atomic E-state index is -0.321. The van der Waals surface area contributed by atoms with Crippen LogP contribution >= 0.6 is 0 Å². The van der Waals surface area contributed by atoms with Gasteiger partial charge in [-0.15, -0.1) is 0 Å². The van der Waals surface area contributed by atoms with Crippen LogP contribution in [0.1, 0.15) is 22.0 Å². The Kier molecular flexibility index (Phi) is 3.42. The first-order valence-electron chi connectivity index (χ1n) is 5.29. The van der Waals surface area contributed by atoms with E-state index in [1.165, 1.54) is 12.4 Å². The summed E-state index contributed by atoms with van der Waals surface area (Å²) in [5, 5.41) is 2.69. The quantitative estimate of drug-likeness (QED) is 0.792. The van der Waals surface area contributed by atoms with Gasteiger partial charge < -0.3 is 11.1 Å². The van der Waals surface area contributed by atoms with Crippen molar-refractivity contribution in [3.05, 3.63) is 41.9 Å². The standard InChI is InChI=1S/C11H12N6O/c1-7-13-3-2-8(17-7)4-16-11(18)9-5-15-10(12)6-14-9/h2-3,5-6H,4H2,1H3,(H2,12,15)(H,16,18). The number of carbonyl (C=O) groups is 1. The van der Waals surface area contributed by atoms with E-state index in [2.05, 4.69) is 25.3 Å². The lowest BCUT2D eigenvalue weighted by atomic mass is 10.3. The van der Waals surface area contributed by atoms with Crippen LogP contribution in [0.4, 0.5) is 5.82 Å². The maximum atomic E-state index is 11.7. The molecule has 1 amide bonds. The summed E-state index contributed by atoms with van der Waals surface area (Å²) in [4.78, 5) is 27.5. The van der Waals surface area contributed by atoms with E-state index in [-0.39, 0.29) is 17.4 Å². The summed E-state index contributed by atoms with van der Waals surface area (Å²) in [5.41, 5.74) is 6.34. The van der Waals surface area contributed by atoms with E-state index in [0.717, 1.165) is 5.69 Å². The van der Waals surface area contributed by atoms with E-state index in [0.29, 0.717) is 12.4 Å². The summed E-state index contributed by atoms with van der Waals surface area (Å²) in [7, 11) is 0. The number of anilines is 1. The number of hydrogen-bond acceptors (Lipinski definition) is 6. The van der Waals surface area contributed by atoms with Crippen LogP contribution in [-0.2, 0) is 6.54 Å². The van der Waals surface area contributed by atoms with Crippen molar-refractivity contribution in [2.24, 2.45) is 0 Å². The van der Waals surface area contributed by atoms with E-state index >= 15 is 0 Å². The third-order valence-corrected chi connectivity index (χ3v) is 2.17. The Morgan fingerprint density at radius 3 is 2.83 bits per heavy atom. The number of rotatable bonds is 3. The summed E-state index contributed by atoms with van der Waals surface area (Å²) in [6.07, 6.45) is 4.31. The average Bonchev–Trinajstić information content (AvgIpc) is 2.37. The second-order valence-electron chi connectivity index (χ2n) is 3.60. The van der Waals surface area contributed by atoms with Crippen LogP contribution in [0.15, 0.2) is 24.7 Å². The van der Waals surface area contributed by atoms with Crippen molar-refractivity contribution in [1.82, 2.24) is 25.3 Å². The predicted octanol–water partition coefficient (Wildman–Crippen LogP) is 0.0872. The molecule has 0 bridgehead atoms. The Balaban J connectivity index is 1.98. The zero-order valence-corrected chi connectivity index (χ0v) is 9.79. The molecule has 92 valence electrons. The van der Waals surface area contributed by atoms with Crippen LogP contribution in [0.3, 0.4) is 0 Å². The fourth-order valence-electron chi connectivity index (χ4n) is 1.32. The summed E-state index contributed by atoms with van der Waals surface area (Å²) >= 11 is 0. The molecule has 7 nitrogen and oxygen atoms in total. The van der Waals surface area contributed by atoms with Gasteiger partial charge in [-0.1, -0.05) is 0 Å². The molecule has 0 saturated heterocycles. The Bertz CT molecular complexity index is 554. The second-order valence-corrected chi connectivity index (χ2v) is 3.60. The fourth-order valence-corrected chi connectivity index (χ4v) is 1.32. The molecule has 0 unspecified atom stereocenters. The first-order chi connectivity index (χ1) is 8.65. The molecular formula is C11H12N6O. The number of amides is 1. The lowest BCUT2D eigenvalue weighted by Gasteiger charge is -2.04. The van der Waals surface area contributed by atoms with Crippen LogP contribution < -0.4 is 11.1 Å². The van der Waals surface area contributed by atoms with Crippen molar-refractivity contribution in [3.63, 3.8) is 0 Å². The molecule has 0 fully saturated rings. The summed E-state index contributed by atoms with van der Waals surface area (Å²) in [6.45, 7) is 2.10. The van der Waals surface area contributed by atoms with E-state index in [9.17, 15) is 4.79 Å². The molecule has 0 spiro atoms. The lowest BCUT2D eigenvalue weighted by Crippen LogP contribution is -2.24. The Morgan fingerprint density at radius 1 is 1.33 bits per heavy atom. The molecule has 2 aromatic rings. The number of nitrogen functional groups attached to an aromatic ring is 1. The van der Waals surface area contributed by atoms with Crippen molar-refractivity contribution < 1.29 is 4.79 Å². The topological polar surface area (TPSA) is 107 Å². The van der Waals surface area contributed by atoms with E-state index < -0.39 is 0 Å². The first kappa shape index (κ1) is 11.9. The molecule has 0 atom stereocenters. The molecule has 2 rings (SSSR count). The molecule has 7 heteroatoms. The van der Waals surface area contributed by atoms with E-state index in [1.807, 2.05) is 0 Å². The minimum absolute atomic E-state index is 0.218. The predicted molar refractivity (Wildman–Crippen MR) is 64.4 cm³/mol. The fraction of sp³-hybridized carbons (Fsp3) is 0.182. The van der Waals surface area contributed by atoms with Crippen molar-refractivity contribution in [2.75, 3.05) is 5.73 Å². The van der Waals surface area contributed by atoms with Gasteiger partial charge in [0.1, 0.15) is 17.3 Å². The number of nitrogens with two attached hydrogens (primary N) is 1. The number of carbonyl (C=O) groups excluding carboxylic acids is 1. The third-order valence-electron chi connectivity index (χ3n) is 2.17. The summed E-state index contributed by atoms with van der Waals surface area (Å²) in [6, 6.07) is 1.74. The number of aryl methyl sites for hydroxylation is 1. The highest BCUT2D eigenvalue weighted by atomic mass is 16.1. The van der Waals surface area contributed by atoms with Crippen LogP contribution in [0.5, 0.6) is 0 Å². The Morgan fingerprint density at radius 2 is 2.17 bits per heavy atom.